The number of halogens is 1. The fraction of sp³-hybridized carbons (Fsp3) is 0.250. The molecule has 2 aromatic carbocycles. The molecule has 10 heteroatoms. The van der Waals surface area contributed by atoms with Gasteiger partial charge in [-0.05, 0) is 43.5 Å². The molecule has 1 fully saturated rings. The maximum Gasteiger partial charge on any atom is 0.293 e. The standard InChI is InChI=1S/C24H26ClN7O2/c25-20-19(16-3-1-4-17(26)13-16)32(24(34)22(31-20)30-18-5-2-6-18)12-11-29-23(33)15-9-7-14(8-10-15)21(27)28/h1,3-4,7-10,13,18H,2,5-6,11-12,26H2,(H3,27,28)(H,29,33)(H,30,31). The van der Waals surface area contributed by atoms with Crippen LogP contribution in [0.3, 0.4) is 0 Å². The van der Waals surface area contributed by atoms with Crippen molar-refractivity contribution in [1.82, 2.24) is 14.9 Å². The molecule has 0 radical (unpaired) electrons. The van der Waals surface area contributed by atoms with E-state index in [0.717, 1.165) is 19.3 Å². The number of nitrogens with two attached hydrogens (primary N) is 2. The van der Waals surface area contributed by atoms with Gasteiger partial charge in [-0.3, -0.25) is 15.0 Å². The Hall–Kier alpha value is -3.85. The molecule has 0 atom stereocenters. The molecule has 176 valence electrons. The summed E-state index contributed by atoms with van der Waals surface area (Å²) < 4.78 is 1.52. The van der Waals surface area contributed by atoms with Crippen molar-refractivity contribution < 1.29 is 4.79 Å². The quantitative estimate of drug-likeness (QED) is 0.190. The molecule has 0 unspecified atom stereocenters. The van der Waals surface area contributed by atoms with Gasteiger partial charge in [0.2, 0.25) is 0 Å². The first-order chi connectivity index (χ1) is 16.3. The number of nitrogen functional groups attached to an aromatic ring is 2. The molecule has 1 aliphatic rings. The van der Waals surface area contributed by atoms with Crippen LogP contribution in [0.1, 0.15) is 35.2 Å². The van der Waals surface area contributed by atoms with E-state index in [9.17, 15) is 9.59 Å². The predicted molar refractivity (Wildman–Crippen MR) is 134 cm³/mol. The van der Waals surface area contributed by atoms with Crippen LogP contribution in [0.5, 0.6) is 0 Å². The number of nitrogens with zero attached hydrogens (tertiary/aromatic N) is 2. The molecule has 0 saturated heterocycles. The maximum absolute atomic E-state index is 13.3. The van der Waals surface area contributed by atoms with E-state index in [1.54, 1.807) is 42.5 Å². The average Bonchev–Trinajstić information content (AvgIpc) is 2.78. The fourth-order valence-corrected chi connectivity index (χ4v) is 4.03. The Morgan fingerprint density at radius 3 is 2.50 bits per heavy atom. The van der Waals surface area contributed by atoms with Crippen LogP contribution in [0.25, 0.3) is 11.3 Å². The molecule has 1 heterocycles. The summed E-state index contributed by atoms with van der Waals surface area (Å²) in [5.41, 5.74) is 13.7. The van der Waals surface area contributed by atoms with Crippen LogP contribution in [-0.4, -0.2) is 33.9 Å². The maximum atomic E-state index is 13.3. The zero-order valence-electron chi connectivity index (χ0n) is 18.5. The van der Waals surface area contributed by atoms with Crippen LogP contribution in [0.15, 0.2) is 53.3 Å². The smallest absolute Gasteiger partial charge is 0.293 e. The predicted octanol–water partition coefficient (Wildman–Crippen LogP) is 2.82. The minimum Gasteiger partial charge on any atom is -0.399 e. The Morgan fingerprint density at radius 2 is 1.88 bits per heavy atom. The minimum atomic E-state index is -0.311. The summed E-state index contributed by atoms with van der Waals surface area (Å²) in [6.45, 7) is 0.369. The van der Waals surface area contributed by atoms with Crippen molar-refractivity contribution in [1.29, 1.82) is 5.41 Å². The lowest BCUT2D eigenvalue weighted by Gasteiger charge is -2.27. The van der Waals surface area contributed by atoms with Gasteiger partial charge in [0.05, 0.1) is 5.69 Å². The highest BCUT2D eigenvalue weighted by atomic mass is 35.5. The lowest BCUT2D eigenvalue weighted by atomic mass is 9.93. The van der Waals surface area contributed by atoms with Crippen molar-refractivity contribution in [3.63, 3.8) is 0 Å². The molecule has 0 spiro atoms. The second kappa shape index (κ2) is 9.96. The van der Waals surface area contributed by atoms with Crippen molar-refractivity contribution in [3.8, 4) is 11.3 Å². The molecule has 1 saturated carbocycles. The zero-order valence-corrected chi connectivity index (χ0v) is 19.2. The van der Waals surface area contributed by atoms with Crippen LogP contribution in [0, 0.1) is 5.41 Å². The minimum absolute atomic E-state index is 0.0682. The second-order valence-corrected chi connectivity index (χ2v) is 8.56. The third kappa shape index (κ3) is 5.04. The van der Waals surface area contributed by atoms with E-state index in [2.05, 4.69) is 15.6 Å². The van der Waals surface area contributed by atoms with Gasteiger partial charge in [-0.25, -0.2) is 4.98 Å². The van der Waals surface area contributed by atoms with E-state index in [4.69, 9.17) is 28.5 Å². The van der Waals surface area contributed by atoms with Gasteiger partial charge in [-0.2, -0.15) is 0 Å². The molecular weight excluding hydrogens is 454 g/mol. The van der Waals surface area contributed by atoms with Gasteiger partial charge in [0.25, 0.3) is 11.5 Å². The molecular formula is C24H26ClN7O2. The zero-order chi connectivity index (χ0) is 24.2. The van der Waals surface area contributed by atoms with Crippen LogP contribution in [-0.2, 0) is 6.54 Å². The Kier molecular flexibility index (Phi) is 6.83. The third-order valence-corrected chi connectivity index (χ3v) is 6.07. The second-order valence-electron chi connectivity index (χ2n) is 8.20. The van der Waals surface area contributed by atoms with Gasteiger partial charge in [0.15, 0.2) is 11.0 Å². The highest BCUT2D eigenvalue weighted by Gasteiger charge is 2.22. The molecule has 7 N–H and O–H groups in total. The molecule has 9 nitrogen and oxygen atoms in total. The number of carbonyl (C=O) groups excluding carboxylic acids is 1. The number of aromatic nitrogens is 2. The molecule has 1 amide bonds. The van der Waals surface area contributed by atoms with Crippen LogP contribution in [0.2, 0.25) is 5.15 Å². The lowest BCUT2D eigenvalue weighted by Crippen LogP contribution is -2.36. The van der Waals surface area contributed by atoms with Gasteiger partial charge in [0, 0.05) is 41.5 Å². The number of amides is 1. The van der Waals surface area contributed by atoms with E-state index in [1.807, 2.05) is 6.07 Å². The monoisotopic (exact) mass is 479 g/mol. The van der Waals surface area contributed by atoms with E-state index < -0.39 is 0 Å². The van der Waals surface area contributed by atoms with E-state index >= 15 is 0 Å². The topological polar surface area (TPSA) is 152 Å². The van der Waals surface area contributed by atoms with E-state index in [0.29, 0.717) is 28.1 Å². The Balaban J connectivity index is 1.58. The SMILES string of the molecule is N=C(N)c1ccc(C(=O)NCCn2c(-c3cccc(N)c3)c(Cl)nc(NC3CCC3)c2=O)cc1. The third-order valence-electron chi connectivity index (χ3n) is 5.81. The summed E-state index contributed by atoms with van der Waals surface area (Å²) in [6, 6.07) is 13.7. The lowest BCUT2D eigenvalue weighted by molar-refractivity contribution is 0.0952. The van der Waals surface area contributed by atoms with Gasteiger partial charge in [0.1, 0.15) is 5.84 Å². The average molecular weight is 480 g/mol. The summed E-state index contributed by atoms with van der Waals surface area (Å²) in [6.07, 6.45) is 3.07. The van der Waals surface area contributed by atoms with Crippen LogP contribution >= 0.6 is 11.6 Å². The fourth-order valence-electron chi connectivity index (χ4n) is 3.74. The summed E-state index contributed by atoms with van der Waals surface area (Å²) in [5.74, 6) is -0.170. The van der Waals surface area contributed by atoms with Crippen molar-refractivity contribution in [2.75, 3.05) is 17.6 Å². The van der Waals surface area contributed by atoms with Crippen molar-refractivity contribution >= 4 is 34.8 Å². The van der Waals surface area contributed by atoms with E-state index in [1.165, 1.54) is 4.57 Å². The van der Waals surface area contributed by atoms with Gasteiger partial charge < -0.3 is 26.7 Å². The molecule has 4 rings (SSSR count). The molecule has 0 aliphatic heterocycles. The van der Waals surface area contributed by atoms with Crippen LogP contribution in [0.4, 0.5) is 11.5 Å². The van der Waals surface area contributed by atoms with Crippen molar-refractivity contribution in [2.45, 2.75) is 31.8 Å². The van der Waals surface area contributed by atoms with Gasteiger partial charge in [-0.15, -0.1) is 0 Å². The van der Waals surface area contributed by atoms with Crippen molar-refractivity contribution in [3.05, 3.63) is 75.2 Å². The number of carbonyl (C=O) groups is 1. The largest absolute Gasteiger partial charge is 0.399 e. The number of hydrogen-bond acceptors (Lipinski definition) is 6. The molecule has 1 aliphatic carbocycles. The number of amidine groups is 1. The first-order valence-corrected chi connectivity index (χ1v) is 11.4. The van der Waals surface area contributed by atoms with Crippen LogP contribution < -0.4 is 27.7 Å². The number of benzene rings is 2. The Labute approximate surface area is 201 Å². The Bertz CT molecular complexity index is 1280. The van der Waals surface area contributed by atoms with Gasteiger partial charge in [-0.1, -0.05) is 35.9 Å². The number of hydrogen-bond donors (Lipinski definition) is 5. The van der Waals surface area contributed by atoms with Crippen molar-refractivity contribution in [2.24, 2.45) is 5.73 Å². The highest BCUT2D eigenvalue weighted by molar-refractivity contribution is 6.32. The molecule has 1 aromatic heterocycles. The number of nitrogens with one attached hydrogen (secondary N) is 3. The molecule has 0 bridgehead atoms. The number of rotatable bonds is 8. The molecule has 34 heavy (non-hydrogen) atoms. The summed E-state index contributed by atoms with van der Waals surface area (Å²) in [4.78, 5) is 30.2. The summed E-state index contributed by atoms with van der Waals surface area (Å²) >= 11 is 6.55. The first kappa shape index (κ1) is 23.3. The van der Waals surface area contributed by atoms with Gasteiger partial charge >= 0.3 is 0 Å². The number of anilines is 2. The highest BCUT2D eigenvalue weighted by Crippen LogP contribution is 2.29. The summed E-state index contributed by atoms with van der Waals surface area (Å²) in [7, 11) is 0. The van der Waals surface area contributed by atoms with E-state index in [-0.39, 0.29) is 47.4 Å². The first-order valence-electron chi connectivity index (χ1n) is 11.0. The Morgan fingerprint density at radius 1 is 1.18 bits per heavy atom. The summed E-state index contributed by atoms with van der Waals surface area (Å²) in [5, 5.41) is 13.6. The molecule has 3 aromatic rings. The normalized spacial score (nSPS) is 13.2.